The zero-order valence-electron chi connectivity index (χ0n) is 8.44. The second-order valence-corrected chi connectivity index (χ2v) is 3.01. The zero-order chi connectivity index (χ0) is 10.8. The Hall–Kier alpha value is -1.97. The van der Waals surface area contributed by atoms with Crippen molar-refractivity contribution in [3.05, 3.63) is 24.0 Å². The van der Waals surface area contributed by atoms with Crippen molar-refractivity contribution in [3.63, 3.8) is 0 Å². The summed E-state index contributed by atoms with van der Waals surface area (Å²) in [7, 11) is 3.12. The molecule has 1 aromatic heterocycles. The van der Waals surface area contributed by atoms with E-state index in [1.807, 2.05) is 0 Å². The number of ether oxygens (including phenoxy) is 2. The van der Waals surface area contributed by atoms with Crippen molar-refractivity contribution in [1.29, 1.82) is 0 Å². The van der Waals surface area contributed by atoms with E-state index in [4.69, 9.17) is 13.9 Å². The molecule has 0 aliphatic carbocycles. The summed E-state index contributed by atoms with van der Waals surface area (Å²) in [6.07, 6.45) is 0.659. The highest BCUT2D eigenvalue weighted by Gasteiger charge is 2.10. The minimum Gasteiger partial charge on any atom is -0.496 e. The lowest BCUT2D eigenvalue weighted by atomic mass is 10.2. The number of carbonyl (C=O) groups excluding carboxylic acids is 1. The normalized spacial score (nSPS) is 10.3. The molecule has 4 heteroatoms. The van der Waals surface area contributed by atoms with Crippen LogP contribution in [0.3, 0.4) is 0 Å². The number of hydrogen-bond acceptors (Lipinski definition) is 4. The highest BCUT2D eigenvalue weighted by Crippen LogP contribution is 2.32. The van der Waals surface area contributed by atoms with Crippen LogP contribution in [0.4, 0.5) is 0 Å². The third-order valence-corrected chi connectivity index (χ3v) is 2.16. The first kappa shape index (κ1) is 9.58. The first-order valence-electron chi connectivity index (χ1n) is 4.39. The van der Waals surface area contributed by atoms with Crippen LogP contribution in [0, 0.1) is 0 Å². The minimum atomic E-state index is 0.275. The fourth-order valence-corrected chi connectivity index (χ4v) is 1.45. The highest BCUT2D eigenvalue weighted by atomic mass is 16.5. The predicted octanol–water partition coefficient (Wildman–Crippen LogP) is 2.26. The van der Waals surface area contributed by atoms with E-state index in [2.05, 4.69) is 0 Å². The Kier molecular flexibility index (Phi) is 2.33. The van der Waals surface area contributed by atoms with Crippen LogP contribution in [0.5, 0.6) is 11.5 Å². The number of furan rings is 1. The van der Waals surface area contributed by atoms with Gasteiger partial charge in [-0.15, -0.1) is 0 Å². The van der Waals surface area contributed by atoms with Crippen molar-refractivity contribution >= 4 is 17.3 Å². The molecular weight excluding hydrogens is 196 g/mol. The van der Waals surface area contributed by atoms with Gasteiger partial charge in [0.2, 0.25) is 0 Å². The summed E-state index contributed by atoms with van der Waals surface area (Å²) in [6.45, 7) is 0. The number of aldehydes is 1. The van der Waals surface area contributed by atoms with Gasteiger partial charge in [0.15, 0.2) is 12.0 Å². The van der Waals surface area contributed by atoms with Gasteiger partial charge in [0.25, 0.3) is 0 Å². The molecule has 15 heavy (non-hydrogen) atoms. The summed E-state index contributed by atoms with van der Waals surface area (Å²) in [5.74, 6) is 1.53. The number of methoxy groups -OCH3 is 2. The van der Waals surface area contributed by atoms with Gasteiger partial charge in [0, 0.05) is 12.1 Å². The summed E-state index contributed by atoms with van der Waals surface area (Å²) in [5.41, 5.74) is 0.577. The maximum absolute atomic E-state index is 10.6. The lowest BCUT2D eigenvalue weighted by Crippen LogP contribution is -1.86. The van der Waals surface area contributed by atoms with Crippen LogP contribution in [0.2, 0.25) is 0 Å². The van der Waals surface area contributed by atoms with E-state index in [1.165, 1.54) is 0 Å². The van der Waals surface area contributed by atoms with E-state index in [1.54, 1.807) is 32.4 Å². The molecule has 0 amide bonds. The summed E-state index contributed by atoms with van der Waals surface area (Å²) in [4.78, 5) is 10.6. The summed E-state index contributed by atoms with van der Waals surface area (Å²) in [5, 5.41) is 0.764. The molecule has 1 heterocycles. The average molecular weight is 206 g/mol. The fourth-order valence-electron chi connectivity index (χ4n) is 1.45. The van der Waals surface area contributed by atoms with Crippen LogP contribution in [0.1, 0.15) is 10.6 Å². The lowest BCUT2D eigenvalue weighted by Gasteiger charge is -2.04. The molecule has 0 saturated heterocycles. The van der Waals surface area contributed by atoms with Gasteiger partial charge in [-0.1, -0.05) is 0 Å². The molecule has 0 spiro atoms. The van der Waals surface area contributed by atoms with Crippen LogP contribution < -0.4 is 9.47 Å². The second kappa shape index (κ2) is 3.65. The maximum atomic E-state index is 10.6. The largest absolute Gasteiger partial charge is 0.496 e. The first-order valence-corrected chi connectivity index (χ1v) is 4.39. The molecule has 0 aliphatic rings. The molecule has 0 N–H and O–H groups in total. The smallest absolute Gasteiger partial charge is 0.185 e. The SMILES string of the molecule is COc1cc(OC)c2cc(C=O)oc2c1. The Morgan fingerprint density at radius 1 is 1.20 bits per heavy atom. The van der Waals surface area contributed by atoms with Gasteiger partial charge in [-0.2, -0.15) is 0 Å². The third kappa shape index (κ3) is 1.54. The first-order chi connectivity index (χ1) is 7.28. The van der Waals surface area contributed by atoms with Crippen molar-refractivity contribution in [2.75, 3.05) is 14.2 Å². The Labute approximate surface area is 86.4 Å². The van der Waals surface area contributed by atoms with Crippen LogP contribution >= 0.6 is 0 Å². The molecule has 2 rings (SSSR count). The summed E-state index contributed by atoms with van der Waals surface area (Å²) in [6, 6.07) is 5.10. The van der Waals surface area contributed by atoms with Crippen LogP contribution in [0.25, 0.3) is 11.0 Å². The van der Waals surface area contributed by atoms with E-state index in [-0.39, 0.29) is 5.76 Å². The standard InChI is InChI=1S/C11H10O4/c1-13-7-4-10(14-2)9-3-8(6-12)15-11(9)5-7/h3-6H,1-2H3. The summed E-state index contributed by atoms with van der Waals surface area (Å²) < 4.78 is 15.5. The van der Waals surface area contributed by atoms with Crippen LogP contribution in [-0.4, -0.2) is 20.5 Å². The van der Waals surface area contributed by atoms with E-state index in [9.17, 15) is 4.79 Å². The molecule has 0 aliphatic heterocycles. The van der Waals surface area contributed by atoms with Crippen molar-refractivity contribution in [3.8, 4) is 11.5 Å². The number of fused-ring (bicyclic) bond motifs is 1. The van der Waals surface area contributed by atoms with E-state index < -0.39 is 0 Å². The minimum absolute atomic E-state index is 0.275. The second-order valence-electron chi connectivity index (χ2n) is 3.01. The van der Waals surface area contributed by atoms with Gasteiger partial charge in [-0.05, 0) is 6.07 Å². The quantitative estimate of drug-likeness (QED) is 0.723. The summed E-state index contributed by atoms with van der Waals surface area (Å²) >= 11 is 0. The van der Waals surface area contributed by atoms with Crippen LogP contribution in [0.15, 0.2) is 22.6 Å². The fraction of sp³-hybridized carbons (Fsp3) is 0.182. The zero-order valence-corrected chi connectivity index (χ0v) is 8.44. The maximum Gasteiger partial charge on any atom is 0.185 e. The Morgan fingerprint density at radius 2 is 2.00 bits per heavy atom. The predicted molar refractivity (Wildman–Crippen MR) is 54.7 cm³/mol. The number of rotatable bonds is 3. The van der Waals surface area contributed by atoms with Gasteiger partial charge in [0.05, 0.1) is 19.6 Å². The third-order valence-electron chi connectivity index (χ3n) is 2.16. The topological polar surface area (TPSA) is 48.7 Å². The van der Waals surface area contributed by atoms with Crippen LogP contribution in [-0.2, 0) is 0 Å². The Bertz CT molecular complexity index is 499. The molecule has 2 aromatic rings. The van der Waals surface area contributed by atoms with Crippen molar-refractivity contribution in [1.82, 2.24) is 0 Å². The molecule has 0 bridgehead atoms. The molecule has 78 valence electrons. The molecule has 1 aromatic carbocycles. The van der Waals surface area contributed by atoms with E-state index >= 15 is 0 Å². The van der Waals surface area contributed by atoms with Crippen molar-refractivity contribution in [2.45, 2.75) is 0 Å². The van der Waals surface area contributed by atoms with Gasteiger partial charge in [-0.25, -0.2) is 0 Å². The number of benzene rings is 1. The Balaban J connectivity index is 2.71. The molecule has 0 saturated carbocycles. The Morgan fingerprint density at radius 3 is 2.60 bits per heavy atom. The lowest BCUT2D eigenvalue weighted by molar-refractivity contribution is 0.110. The van der Waals surface area contributed by atoms with E-state index in [0.717, 1.165) is 5.39 Å². The molecule has 0 radical (unpaired) electrons. The van der Waals surface area contributed by atoms with Gasteiger partial charge in [-0.3, -0.25) is 4.79 Å². The number of carbonyl (C=O) groups is 1. The van der Waals surface area contributed by atoms with Gasteiger partial charge in [0.1, 0.15) is 17.1 Å². The molecular formula is C11H10O4. The molecule has 0 fully saturated rings. The van der Waals surface area contributed by atoms with Gasteiger partial charge >= 0.3 is 0 Å². The molecule has 0 unspecified atom stereocenters. The van der Waals surface area contributed by atoms with Crippen molar-refractivity contribution in [2.24, 2.45) is 0 Å². The number of hydrogen-bond donors (Lipinski definition) is 0. The molecule has 0 atom stereocenters. The molecule has 4 nitrogen and oxygen atoms in total. The highest BCUT2D eigenvalue weighted by molar-refractivity contribution is 5.90. The van der Waals surface area contributed by atoms with E-state index in [0.29, 0.717) is 23.4 Å². The monoisotopic (exact) mass is 206 g/mol. The average Bonchev–Trinajstić information content (AvgIpc) is 2.70. The van der Waals surface area contributed by atoms with Crippen molar-refractivity contribution < 1.29 is 18.7 Å². The van der Waals surface area contributed by atoms with Gasteiger partial charge < -0.3 is 13.9 Å².